The van der Waals surface area contributed by atoms with Gasteiger partial charge in [-0.3, -0.25) is 14.9 Å². The number of carbonyl (C=O) groups is 2. The Morgan fingerprint density at radius 2 is 1.90 bits per heavy atom. The second-order valence-electron chi connectivity index (χ2n) is 6.09. The molecule has 0 saturated heterocycles. The van der Waals surface area contributed by atoms with Gasteiger partial charge in [0, 0.05) is 10.9 Å². The summed E-state index contributed by atoms with van der Waals surface area (Å²) in [6.45, 7) is 1.46. The minimum absolute atomic E-state index is 0.0589. The van der Waals surface area contributed by atoms with Gasteiger partial charge in [0.25, 0.3) is 5.91 Å². The molecule has 0 radical (unpaired) electrons. The van der Waals surface area contributed by atoms with Crippen molar-refractivity contribution >= 4 is 51.5 Å². The van der Waals surface area contributed by atoms with E-state index in [2.05, 4.69) is 10.3 Å². The van der Waals surface area contributed by atoms with Crippen molar-refractivity contribution in [2.75, 3.05) is 5.32 Å². The molecule has 0 spiro atoms. The minimum atomic E-state index is -1.01. The summed E-state index contributed by atoms with van der Waals surface area (Å²) in [6, 6.07) is 10.6. The molecule has 0 saturated carbocycles. The van der Waals surface area contributed by atoms with Crippen LogP contribution in [-0.4, -0.2) is 23.0 Å². The van der Waals surface area contributed by atoms with E-state index in [-0.39, 0.29) is 6.42 Å². The number of aromatic nitrogens is 1. The van der Waals surface area contributed by atoms with Crippen LogP contribution in [0, 0.1) is 5.82 Å². The van der Waals surface area contributed by atoms with Crippen LogP contribution in [0.2, 0.25) is 10.0 Å². The highest BCUT2D eigenvalue weighted by Crippen LogP contribution is 2.30. The number of esters is 1. The lowest BCUT2D eigenvalue weighted by atomic mass is 10.1. The maximum absolute atomic E-state index is 12.9. The van der Waals surface area contributed by atoms with Gasteiger partial charge in [-0.05, 0) is 36.8 Å². The number of amides is 1. The van der Waals surface area contributed by atoms with Crippen molar-refractivity contribution in [3.63, 3.8) is 0 Å². The van der Waals surface area contributed by atoms with Crippen molar-refractivity contribution in [1.29, 1.82) is 0 Å². The fourth-order valence-electron chi connectivity index (χ4n) is 2.39. The Labute approximate surface area is 180 Å². The van der Waals surface area contributed by atoms with Crippen LogP contribution >= 0.6 is 34.5 Å². The first-order chi connectivity index (χ1) is 13.8. The summed E-state index contributed by atoms with van der Waals surface area (Å²) >= 11 is 13.2. The summed E-state index contributed by atoms with van der Waals surface area (Å²) in [4.78, 5) is 28.6. The van der Waals surface area contributed by atoms with Gasteiger partial charge in [0.2, 0.25) is 0 Å². The number of ether oxygens (including phenoxy) is 1. The highest BCUT2D eigenvalue weighted by atomic mass is 35.5. The quantitative estimate of drug-likeness (QED) is 0.510. The second kappa shape index (κ2) is 9.35. The number of thiazole rings is 1. The molecular formula is C20H15Cl2FN2O3S. The van der Waals surface area contributed by atoms with E-state index in [1.165, 1.54) is 42.5 Å². The third kappa shape index (κ3) is 5.76. The summed E-state index contributed by atoms with van der Waals surface area (Å²) in [5.41, 5.74) is 1.98. The SMILES string of the molecule is C[C@@H](OC(=O)Cc1ccc(F)cc1)C(=O)Nc1nc(-c2ccc(Cl)c(Cl)c2)cs1. The number of hydrogen-bond donors (Lipinski definition) is 1. The molecule has 3 aromatic rings. The highest BCUT2D eigenvalue weighted by Gasteiger charge is 2.19. The number of nitrogens with one attached hydrogen (secondary N) is 1. The third-order valence-electron chi connectivity index (χ3n) is 3.89. The Bertz CT molecular complexity index is 1040. The standard InChI is InChI=1S/C20H15Cl2FN2O3S/c1-11(28-18(26)8-12-2-5-14(23)6-3-12)19(27)25-20-24-17(10-29-20)13-4-7-15(21)16(22)9-13/h2-7,9-11H,8H2,1H3,(H,24,25,27)/t11-/m1/s1. The van der Waals surface area contributed by atoms with E-state index in [1.54, 1.807) is 23.6 Å². The normalized spacial score (nSPS) is 11.7. The van der Waals surface area contributed by atoms with Crippen LogP contribution in [0.3, 0.4) is 0 Å². The van der Waals surface area contributed by atoms with Gasteiger partial charge < -0.3 is 4.74 Å². The molecule has 1 heterocycles. The zero-order chi connectivity index (χ0) is 21.0. The summed E-state index contributed by atoms with van der Waals surface area (Å²) in [6.07, 6.45) is -1.07. The second-order valence-corrected chi connectivity index (χ2v) is 7.76. The Kier molecular flexibility index (Phi) is 6.84. The monoisotopic (exact) mass is 452 g/mol. The van der Waals surface area contributed by atoms with Crippen molar-refractivity contribution in [2.45, 2.75) is 19.4 Å². The molecule has 5 nitrogen and oxygen atoms in total. The van der Waals surface area contributed by atoms with Crippen LogP contribution < -0.4 is 5.32 Å². The van der Waals surface area contributed by atoms with Crippen molar-refractivity contribution < 1.29 is 18.7 Å². The average Bonchev–Trinajstić information content (AvgIpc) is 3.14. The van der Waals surface area contributed by atoms with Crippen LogP contribution in [-0.2, 0) is 20.7 Å². The molecule has 1 aromatic heterocycles. The molecule has 3 rings (SSSR count). The maximum Gasteiger partial charge on any atom is 0.311 e. The molecule has 9 heteroatoms. The van der Waals surface area contributed by atoms with E-state index in [9.17, 15) is 14.0 Å². The van der Waals surface area contributed by atoms with E-state index in [0.717, 1.165) is 5.56 Å². The number of nitrogens with zero attached hydrogens (tertiary/aromatic N) is 1. The molecule has 150 valence electrons. The fourth-order valence-corrected chi connectivity index (χ4v) is 3.41. The lowest BCUT2D eigenvalue weighted by Gasteiger charge is -2.12. The average molecular weight is 453 g/mol. The molecule has 1 N–H and O–H groups in total. The van der Waals surface area contributed by atoms with Crippen molar-refractivity contribution in [3.05, 3.63) is 69.3 Å². The molecule has 1 amide bonds. The largest absolute Gasteiger partial charge is 0.452 e. The highest BCUT2D eigenvalue weighted by molar-refractivity contribution is 7.14. The van der Waals surface area contributed by atoms with Crippen LogP contribution in [0.25, 0.3) is 11.3 Å². The maximum atomic E-state index is 12.9. The van der Waals surface area contributed by atoms with Crippen molar-refractivity contribution in [1.82, 2.24) is 4.98 Å². The number of halogens is 3. The molecule has 0 aliphatic rings. The summed E-state index contributed by atoms with van der Waals surface area (Å²) in [7, 11) is 0. The van der Waals surface area contributed by atoms with Crippen LogP contribution in [0.15, 0.2) is 47.8 Å². The molecular weight excluding hydrogens is 438 g/mol. The molecule has 0 fully saturated rings. The van der Waals surface area contributed by atoms with E-state index in [4.69, 9.17) is 27.9 Å². The number of anilines is 1. The fraction of sp³-hybridized carbons (Fsp3) is 0.150. The topological polar surface area (TPSA) is 68.3 Å². The van der Waals surface area contributed by atoms with E-state index in [0.29, 0.717) is 26.4 Å². The van der Waals surface area contributed by atoms with Gasteiger partial charge in [-0.25, -0.2) is 9.37 Å². The number of carbonyl (C=O) groups excluding carboxylic acids is 2. The van der Waals surface area contributed by atoms with Gasteiger partial charge in [-0.1, -0.05) is 41.4 Å². The summed E-state index contributed by atoms with van der Waals surface area (Å²) in [5.74, 6) is -1.49. The van der Waals surface area contributed by atoms with Crippen molar-refractivity contribution in [2.24, 2.45) is 0 Å². The Hall–Kier alpha value is -2.48. The van der Waals surface area contributed by atoms with Crippen LogP contribution in [0.4, 0.5) is 9.52 Å². The van der Waals surface area contributed by atoms with Gasteiger partial charge in [-0.2, -0.15) is 0 Å². The lowest BCUT2D eigenvalue weighted by Crippen LogP contribution is -2.30. The predicted molar refractivity (Wildman–Crippen MR) is 112 cm³/mol. The van der Waals surface area contributed by atoms with Crippen LogP contribution in [0.1, 0.15) is 12.5 Å². The smallest absolute Gasteiger partial charge is 0.311 e. The first-order valence-corrected chi connectivity index (χ1v) is 10.1. The van der Waals surface area contributed by atoms with Gasteiger partial charge in [0.05, 0.1) is 22.2 Å². The Balaban J connectivity index is 1.56. The van der Waals surface area contributed by atoms with Gasteiger partial charge >= 0.3 is 5.97 Å². The summed E-state index contributed by atoms with van der Waals surface area (Å²) in [5, 5.41) is 5.59. The molecule has 2 aromatic carbocycles. The molecule has 0 unspecified atom stereocenters. The third-order valence-corrected chi connectivity index (χ3v) is 5.39. The lowest BCUT2D eigenvalue weighted by molar-refractivity contribution is -0.152. The molecule has 0 bridgehead atoms. The van der Waals surface area contributed by atoms with Gasteiger partial charge in [0.1, 0.15) is 5.82 Å². The number of hydrogen-bond acceptors (Lipinski definition) is 5. The molecule has 1 atom stereocenters. The zero-order valence-electron chi connectivity index (χ0n) is 15.1. The molecule has 0 aliphatic carbocycles. The first kappa shape index (κ1) is 21.2. The Morgan fingerprint density at radius 1 is 1.17 bits per heavy atom. The van der Waals surface area contributed by atoms with Crippen LogP contribution in [0.5, 0.6) is 0 Å². The van der Waals surface area contributed by atoms with E-state index >= 15 is 0 Å². The Morgan fingerprint density at radius 3 is 2.59 bits per heavy atom. The van der Waals surface area contributed by atoms with E-state index < -0.39 is 23.8 Å². The minimum Gasteiger partial charge on any atom is -0.452 e. The van der Waals surface area contributed by atoms with E-state index in [1.807, 2.05) is 0 Å². The van der Waals surface area contributed by atoms with Crippen molar-refractivity contribution in [3.8, 4) is 11.3 Å². The first-order valence-electron chi connectivity index (χ1n) is 8.47. The van der Waals surface area contributed by atoms with Gasteiger partial charge in [-0.15, -0.1) is 11.3 Å². The number of rotatable bonds is 6. The van der Waals surface area contributed by atoms with Gasteiger partial charge in [0.15, 0.2) is 11.2 Å². The number of benzene rings is 2. The molecule has 29 heavy (non-hydrogen) atoms. The summed E-state index contributed by atoms with van der Waals surface area (Å²) < 4.78 is 18.0. The zero-order valence-corrected chi connectivity index (χ0v) is 17.4. The molecule has 0 aliphatic heterocycles. The predicted octanol–water partition coefficient (Wildman–Crippen LogP) is 5.37.